The summed E-state index contributed by atoms with van der Waals surface area (Å²) in [5.41, 5.74) is 1.68. The molecule has 4 nitrogen and oxygen atoms in total. The molecule has 0 spiro atoms. The first-order chi connectivity index (χ1) is 9.19. The van der Waals surface area contributed by atoms with Gasteiger partial charge in [-0.25, -0.2) is 9.97 Å². The molecule has 2 heterocycles. The van der Waals surface area contributed by atoms with Gasteiger partial charge >= 0.3 is 0 Å². The maximum Gasteiger partial charge on any atom is 0.160 e. The number of imidazole rings is 1. The van der Waals surface area contributed by atoms with Gasteiger partial charge in [0.05, 0.1) is 10.9 Å². The molecule has 2 aromatic heterocycles. The molecule has 0 atom stereocenters. The van der Waals surface area contributed by atoms with E-state index in [4.69, 9.17) is 23.2 Å². The molecule has 0 radical (unpaired) electrons. The van der Waals surface area contributed by atoms with Gasteiger partial charge in [0.2, 0.25) is 0 Å². The number of pyridine rings is 1. The lowest BCUT2D eigenvalue weighted by atomic mass is 10.4. The SMILES string of the molecule is CN(CCn1c(CCl)nc2cc(Cl)cnc21)C1CC1. The summed E-state index contributed by atoms with van der Waals surface area (Å²) in [5, 5.41) is 0.605. The highest BCUT2D eigenvalue weighted by atomic mass is 35.5. The summed E-state index contributed by atoms with van der Waals surface area (Å²) in [7, 11) is 2.17. The van der Waals surface area contributed by atoms with Crippen LogP contribution < -0.4 is 0 Å². The Morgan fingerprint density at radius 1 is 1.47 bits per heavy atom. The Kier molecular flexibility index (Phi) is 3.65. The number of rotatable bonds is 5. The smallest absolute Gasteiger partial charge is 0.160 e. The number of alkyl halides is 1. The molecule has 1 aliphatic carbocycles. The quantitative estimate of drug-likeness (QED) is 0.796. The lowest BCUT2D eigenvalue weighted by Crippen LogP contribution is -2.25. The molecule has 6 heteroatoms. The van der Waals surface area contributed by atoms with Crippen molar-refractivity contribution in [2.45, 2.75) is 31.3 Å². The van der Waals surface area contributed by atoms with Gasteiger partial charge in [-0.2, -0.15) is 0 Å². The zero-order valence-electron chi connectivity index (χ0n) is 10.8. The molecule has 0 N–H and O–H groups in total. The largest absolute Gasteiger partial charge is 0.310 e. The van der Waals surface area contributed by atoms with Crippen molar-refractivity contribution >= 4 is 34.4 Å². The first-order valence-corrected chi connectivity index (χ1v) is 7.37. The molecule has 3 rings (SSSR count). The predicted octanol–water partition coefficient (Wildman–Crippen LogP) is 2.92. The molecule has 1 saturated carbocycles. The van der Waals surface area contributed by atoms with Crippen LogP contribution in [0.3, 0.4) is 0 Å². The van der Waals surface area contributed by atoms with Gasteiger partial charge in [-0.1, -0.05) is 11.6 Å². The fourth-order valence-corrected chi connectivity index (χ4v) is 2.68. The van der Waals surface area contributed by atoms with Crippen molar-refractivity contribution in [1.82, 2.24) is 19.4 Å². The lowest BCUT2D eigenvalue weighted by molar-refractivity contribution is 0.309. The van der Waals surface area contributed by atoms with E-state index in [2.05, 4.69) is 26.5 Å². The summed E-state index contributed by atoms with van der Waals surface area (Å²) in [4.78, 5) is 11.3. The van der Waals surface area contributed by atoms with E-state index in [1.807, 2.05) is 6.07 Å². The number of hydrogen-bond acceptors (Lipinski definition) is 3. The van der Waals surface area contributed by atoms with Crippen molar-refractivity contribution < 1.29 is 0 Å². The molecule has 0 aliphatic heterocycles. The maximum atomic E-state index is 5.98. The van der Waals surface area contributed by atoms with Crippen LogP contribution in [0, 0.1) is 0 Å². The van der Waals surface area contributed by atoms with Crippen molar-refractivity contribution in [3.05, 3.63) is 23.1 Å². The third-order valence-corrected chi connectivity index (χ3v) is 4.04. The fraction of sp³-hybridized carbons (Fsp3) is 0.538. The highest BCUT2D eigenvalue weighted by Crippen LogP contribution is 2.25. The summed E-state index contributed by atoms with van der Waals surface area (Å²) in [6.07, 6.45) is 4.29. The zero-order valence-corrected chi connectivity index (χ0v) is 12.3. The molecule has 19 heavy (non-hydrogen) atoms. The van der Waals surface area contributed by atoms with E-state index in [0.717, 1.165) is 36.1 Å². The highest BCUT2D eigenvalue weighted by molar-refractivity contribution is 6.31. The molecule has 1 aliphatic rings. The van der Waals surface area contributed by atoms with E-state index in [-0.39, 0.29) is 0 Å². The number of halogens is 2. The Morgan fingerprint density at radius 3 is 2.95 bits per heavy atom. The second-order valence-electron chi connectivity index (χ2n) is 5.02. The third-order valence-electron chi connectivity index (χ3n) is 3.60. The first kappa shape index (κ1) is 13.2. The predicted molar refractivity (Wildman–Crippen MR) is 77.7 cm³/mol. The number of hydrogen-bond donors (Lipinski definition) is 0. The molecule has 0 aromatic carbocycles. The number of fused-ring (bicyclic) bond motifs is 1. The molecular weight excluding hydrogens is 283 g/mol. The minimum atomic E-state index is 0.390. The molecule has 1 fully saturated rings. The van der Waals surface area contributed by atoms with E-state index >= 15 is 0 Å². The van der Waals surface area contributed by atoms with Crippen LogP contribution in [0.1, 0.15) is 18.7 Å². The molecule has 2 aromatic rings. The van der Waals surface area contributed by atoms with Crippen molar-refractivity contribution in [1.29, 1.82) is 0 Å². The molecular formula is C13H16Cl2N4. The van der Waals surface area contributed by atoms with Crippen molar-refractivity contribution in [3.63, 3.8) is 0 Å². The van der Waals surface area contributed by atoms with E-state index in [1.165, 1.54) is 12.8 Å². The monoisotopic (exact) mass is 298 g/mol. The van der Waals surface area contributed by atoms with Crippen LogP contribution in [0.25, 0.3) is 11.2 Å². The van der Waals surface area contributed by atoms with Crippen LogP contribution in [0.5, 0.6) is 0 Å². The second kappa shape index (κ2) is 5.27. The Bertz CT molecular complexity index is 592. The third kappa shape index (κ3) is 2.71. The van der Waals surface area contributed by atoms with Gasteiger partial charge in [0, 0.05) is 25.3 Å². The Hall–Kier alpha value is -0.840. The van der Waals surface area contributed by atoms with E-state index < -0.39 is 0 Å². The molecule has 0 bridgehead atoms. The Morgan fingerprint density at radius 2 is 2.26 bits per heavy atom. The van der Waals surface area contributed by atoms with Crippen LogP contribution in [-0.4, -0.2) is 39.1 Å². The van der Waals surface area contributed by atoms with Crippen LogP contribution in [-0.2, 0) is 12.4 Å². The normalized spacial score (nSPS) is 15.6. The highest BCUT2D eigenvalue weighted by Gasteiger charge is 2.25. The summed E-state index contributed by atoms with van der Waals surface area (Å²) in [6.45, 7) is 1.85. The number of nitrogens with zero attached hydrogens (tertiary/aromatic N) is 4. The van der Waals surface area contributed by atoms with E-state index in [1.54, 1.807) is 6.20 Å². The standard InChI is InChI=1S/C13H16Cl2N4/c1-18(10-2-3-10)4-5-19-12(7-14)17-11-6-9(15)8-16-13(11)19/h6,8,10H,2-5,7H2,1H3. The van der Waals surface area contributed by atoms with Gasteiger partial charge in [0.15, 0.2) is 5.65 Å². The van der Waals surface area contributed by atoms with Gasteiger partial charge in [0.25, 0.3) is 0 Å². The molecule has 0 unspecified atom stereocenters. The number of likely N-dealkylation sites (N-methyl/N-ethyl adjacent to an activating group) is 1. The van der Waals surface area contributed by atoms with Crippen molar-refractivity contribution in [3.8, 4) is 0 Å². The van der Waals surface area contributed by atoms with Crippen molar-refractivity contribution in [2.24, 2.45) is 0 Å². The summed E-state index contributed by atoms with van der Waals surface area (Å²) in [6, 6.07) is 2.60. The van der Waals surface area contributed by atoms with Gasteiger partial charge < -0.3 is 9.47 Å². The lowest BCUT2D eigenvalue weighted by Gasteiger charge is -2.16. The van der Waals surface area contributed by atoms with Gasteiger partial charge in [-0.15, -0.1) is 11.6 Å². The van der Waals surface area contributed by atoms with Gasteiger partial charge in [0.1, 0.15) is 11.3 Å². The summed E-state index contributed by atoms with van der Waals surface area (Å²) >= 11 is 11.9. The topological polar surface area (TPSA) is 34.0 Å². The van der Waals surface area contributed by atoms with Crippen LogP contribution >= 0.6 is 23.2 Å². The Labute approximate surface area is 122 Å². The van der Waals surface area contributed by atoms with Gasteiger partial charge in [-0.3, -0.25) is 0 Å². The van der Waals surface area contributed by atoms with E-state index in [0.29, 0.717) is 10.9 Å². The maximum absolute atomic E-state index is 5.98. The average molecular weight is 299 g/mol. The zero-order chi connectivity index (χ0) is 13.4. The number of aromatic nitrogens is 3. The van der Waals surface area contributed by atoms with Gasteiger partial charge in [-0.05, 0) is 26.0 Å². The van der Waals surface area contributed by atoms with Crippen LogP contribution in [0.4, 0.5) is 0 Å². The van der Waals surface area contributed by atoms with E-state index in [9.17, 15) is 0 Å². The second-order valence-corrected chi connectivity index (χ2v) is 5.73. The van der Waals surface area contributed by atoms with Crippen LogP contribution in [0.15, 0.2) is 12.3 Å². The molecule has 0 amide bonds. The molecule has 102 valence electrons. The summed E-state index contributed by atoms with van der Waals surface area (Å²) < 4.78 is 2.09. The average Bonchev–Trinajstić information content (AvgIpc) is 3.18. The molecule has 0 saturated heterocycles. The summed E-state index contributed by atoms with van der Waals surface area (Å²) in [5.74, 6) is 1.25. The minimum Gasteiger partial charge on any atom is -0.310 e. The minimum absolute atomic E-state index is 0.390. The Balaban J connectivity index is 1.87. The van der Waals surface area contributed by atoms with Crippen molar-refractivity contribution in [2.75, 3.05) is 13.6 Å². The van der Waals surface area contributed by atoms with Crippen LogP contribution in [0.2, 0.25) is 5.02 Å². The fourth-order valence-electron chi connectivity index (χ4n) is 2.33. The first-order valence-electron chi connectivity index (χ1n) is 6.46.